The molecular weight excluding hydrogens is 232 g/mol. The number of sulfone groups is 1. The van der Waals surface area contributed by atoms with Crippen LogP contribution in [0.1, 0.15) is 6.92 Å². The number of carbonyl (C=O) groups excluding carboxylic acids is 1. The molecule has 96 valence electrons. The van der Waals surface area contributed by atoms with Crippen LogP contribution in [0.2, 0.25) is 0 Å². The van der Waals surface area contributed by atoms with Gasteiger partial charge in [-0.1, -0.05) is 6.92 Å². The smallest absolute Gasteiger partial charge is 0.234 e. The van der Waals surface area contributed by atoms with Crippen LogP contribution in [0.4, 0.5) is 0 Å². The third-order valence-corrected chi connectivity index (χ3v) is 3.65. The summed E-state index contributed by atoms with van der Waals surface area (Å²) in [5.74, 6) is 0.0368. The largest absolute Gasteiger partial charge is 0.383 e. The van der Waals surface area contributed by atoms with Crippen molar-refractivity contribution in [3.8, 4) is 0 Å². The van der Waals surface area contributed by atoms with Crippen LogP contribution in [0.3, 0.4) is 0 Å². The molecule has 0 saturated carbocycles. The van der Waals surface area contributed by atoms with E-state index in [2.05, 4.69) is 10.6 Å². The van der Waals surface area contributed by atoms with Gasteiger partial charge in [-0.05, 0) is 0 Å². The maximum absolute atomic E-state index is 11.1. The van der Waals surface area contributed by atoms with E-state index in [9.17, 15) is 13.2 Å². The van der Waals surface area contributed by atoms with Crippen molar-refractivity contribution in [2.45, 2.75) is 6.92 Å². The first-order chi connectivity index (χ1) is 7.52. The van der Waals surface area contributed by atoms with Gasteiger partial charge in [0.25, 0.3) is 0 Å². The molecule has 0 heterocycles. The van der Waals surface area contributed by atoms with Gasteiger partial charge in [-0.15, -0.1) is 0 Å². The molecule has 0 aliphatic rings. The van der Waals surface area contributed by atoms with Gasteiger partial charge in [-0.25, -0.2) is 8.42 Å². The van der Waals surface area contributed by atoms with Gasteiger partial charge in [0.2, 0.25) is 5.91 Å². The summed E-state index contributed by atoms with van der Waals surface area (Å²) in [7, 11) is -1.40. The van der Waals surface area contributed by atoms with Crippen molar-refractivity contribution in [3.63, 3.8) is 0 Å². The number of ether oxygens (including phenoxy) is 1. The van der Waals surface area contributed by atoms with E-state index in [1.54, 1.807) is 14.0 Å². The molecule has 0 aliphatic carbocycles. The van der Waals surface area contributed by atoms with Gasteiger partial charge in [-0.3, -0.25) is 4.79 Å². The maximum Gasteiger partial charge on any atom is 0.234 e. The molecule has 0 unspecified atom stereocenters. The molecule has 0 rings (SSSR count). The average molecular weight is 252 g/mol. The summed E-state index contributed by atoms with van der Waals surface area (Å²) >= 11 is 0. The van der Waals surface area contributed by atoms with E-state index in [0.29, 0.717) is 19.7 Å². The number of rotatable bonds is 9. The Bertz CT molecular complexity index is 290. The lowest BCUT2D eigenvalue weighted by Crippen LogP contribution is -2.37. The Labute approximate surface area is 96.7 Å². The number of amides is 1. The Balaban J connectivity index is 3.48. The Hall–Kier alpha value is -0.660. The fourth-order valence-electron chi connectivity index (χ4n) is 0.929. The molecule has 0 aromatic rings. The normalized spacial score (nSPS) is 11.4. The molecule has 7 heteroatoms. The molecule has 6 nitrogen and oxygen atoms in total. The van der Waals surface area contributed by atoms with Crippen LogP contribution in [0.15, 0.2) is 0 Å². The van der Waals surface area contributed by atoms with E-state index in [0.717, 1.165) is 0 Å². The van der Waals surface area contributed by atoms with Crippen molar-refractivity contribution in [2.24, 2.45) is 0 Å². The Morgan fingerprint density at radius 2 is 2.00 bits per heavy atom. The van der Waals surface area contributed by atoms with E-state index in [1.807, 2.05) is 0 Å². The molecule has 0 spiro atoms. The predicted molar refractivity (Wildman–Crippen MR) is 62.1 cm³/mol. The molecule has 1 amide bonds. The van der Waals surface area contributed by atoms with Crippen LogP contribution >= 0.6 is 0 Å². The summed E-state index contributed by atoms with van der Waals surface area (Å²) in [6.45, 7) is 2.96. The van der Waals surface area contributed by atoms with Gasteiger partial charge in [0, 0.05) is 26.0 Å². The highest BCUT2D eigenvalue weighted by molar-refractivity contribution is 7.91. The second-order valence-corrected chi connectivity index (χ2v) is 5.73. The zero-order chi connectivity index (χ0) is 12.4. The van der Waals surface area contributed by atoms with E-state index in [1.165, 1.54) is 0 Å². The highest BCUT2D eigenvalue weighted by Gasteiger charge is 2.06. The summed E-state index contributed by atoms with van der Waals surface area (Å²) in [5.41, 5.74) is 0. The molecule has 2 N–H and O–H groups in total. The lowest BCUT2D eigenvalue weighted by molar-refractivity contribution is -0.120. The molecule has 0 bridgehead atoms. The Kier molecular flexibility index (Phi) is 8.14. The summed E-state index contributed by atoms with van der Waals surface area (Å²) in [4.78, 5) is 11.1. The average Bonchev–Trinajstić information content (AvgIpc) is 2.25. The van der Waals surface area contributed by atoms with Crippen molar-refractivity contribution < 1.29 is 17.9 Å². The molecule has 0 aromatic carbocycles. The van der Waals surface area contributed by atoms with Gasteiger partial charge >= 0.3 is 0 Å². The number of nitrogens with one attached hydrogen (secondary N) is 2. The van der Waals surface area contributed by atoms with Gasteiger partial charge in [0.05, 0.1) is 18.9 Å². The quantitative estimate of drug-likeness (QED) is 0.502. The second kappa shape index (κ2) is 8.49. The highest BCUT2D eigenvalue weighted by atomic mass is 32.2. The van der Waals surface area contributed by atoms with E-state index >= 15 is 0 Å². The first kappa shape index (κ1) is 15.3. The molecule has 16 heavy (non-hydrogen) atoms. The van der Waals surface area contributed by atoms with Crippen molar-refractivity contribution in [1.29, 1.82) is 0 Å². The fourth-order valence-corrected chi connectivity index (χ4v) is 1.67. The van der Waals surface area contributed by atoms with Crippen LogP contribution in [0.5, 0.6) is 0 Å². The number of hydrogen-bond donors (Lipinski definition) is 2. The zero-order valence-corrected chi connectivity index (χ0v) is 10.6. The number of hydrogen-bond acceptors (Lipinski definition) is 5. The third-order valence-electron chi connectivity index (χ3n) is 1.94. The van der Waals surface area contributed by atoms with Crippen LogP contribution in [-0.2, 0) is 19.4 Å². The van der Waals surface area contributed by atoms with Crippen molar-refractivity contribution >= 4 is 15.7 Å². The lowest BCUT2D eigenvalue weighted by Gasteiger charge is -2.06. The molecule has 0 radical (unpaired) electrons. The number of carbonyl (C=O) groups is 1. The monoisotopic (exact) mass is 252 g/mol. The van der Waals surface area contributed by atoms with Gasteiger partial charge in [-0.2, -0.15) is 0 Å². The van der Waals surface area contributed by atoms with Crippen LogP contribution in [0, 0.1) is 0 Å². The van der Waals surface area contributed by atoms with Crippen LogP contribution in [-0.4, -0.2) is 59.2 Å². The maximum atomic E-state index is 11.1. The molecule has 0 fully saturated rings. The first-order valence-corrected chi connectivity index (χ1v) is 7.00. The van der Waals surface area contributed by atoms with E-state index < -0.39 is 9.84 Å². The topological polar surface area (TPSA) is 84.5 Å². The molecule has 0 aromatic heterocycles. The number of methoxy groups -OCH3 is 1. The van der Waals surface area contributed by atoms with Crippen LogP contribution in [0.25, 0.3) is 0 Å². The minimum absolute atomic E-state index is 0.0643. The van der Waals surface area contributed by atoms with Crippen LogP contribution < -0.4 is 10.6 Å². The highest BCUT2D eigenvalue weighted by Crippen LogP contribution is 1.86. The molecule has 0 saturated heterocycles. The summed E-state index contributed by atoms with van der Waals surface area (Å²) in [5, 5.41) is 5.39. The standard InChI is InChI=1S/C9H20N2O4S/c1-3-16(13,14)7-5-10-8-9(12)11-4-6-15-2/h10H,3-8H2,1-2H3,(H,11,12). The van der Waals surface area contributed by atoms with Crippen molar-refractivity contribution in [2.75, 3.05) is 44.9 Å². The molecular formula is C9H20N2O4S. The predicted octanol–water partition coefficient (Wildman–Crippen LogP) is -1.23. The summed E-state index contributed by atoms with van der Waals surface area (Å²) in [6, 6.07) is 0. The minimum atomic E-state index is -2.95. The Morgan fingerprint density at radius 1 is 1.31 bits per heavy atom. The summed E-state index contributed by atoms with van der Waals surface area (Å²) in [6.07, 6.45) is 0. The van der Waals surface area contributed by atoms with E-state index in [4.69, 9.17) is 4.74 Å². The minimum Gasteiger partial charge on any atom is -0.383 e. The van der Waals surface area contributed by atoms with Crippen molar-refractivity contribution in [3.05, 3.63) is 0 Å². The van der Waals surface area contributed by atoms with Crippen molar-refractivity contribution in [1.82, 2.24) is 10.6 Å². The second-order valence-electron chi connectivity index (χ2n) is 3.26. The van der Waals surface area contributed by atoms with Gasteiger partial charge in [0.1, 0.15) is 0 Å². The molecule has 0 aliphatic heterocycles. The van der Waals surface area contributed by atoms with Gasteiger partial charge < -0.3 is 15.4 Å². The molecule has 0 atom stereocenters. The summed E-state index contributed by atoms with van der Waals surface area (Å²) < 4.78 is 27.0. The zero-order valence-electron chi connectivity index (χ0n) is 9.78. The fraction of sp³-hybridized carbons (Fsp3) is 0.889. The first-order valence-electron chi connectivity index (χ1n) is 5.18. The SMILES string of the molecule is CCS(=O)(=O)CCNCC(=O)NCCOC. The Morgan fingerprint density at radius 3 is 2.56 bits per heavy atom. The van der Waals surface area contributed by atoms with Gasteiger partial charge in [0.15, 0.2) is 9.84 Å². The van der Waals surface area contributed by atoms with E-state index in [-0.39, 0.29) is 24.0 Å². The third kappa shape index (κ3) is 8.63. The lowest BCUT2D eigenvalue weighted by atomic mass is 10.5.